The maximum atomic E-state index is 13.6. The topological polar surface area (TPSA) is 58.4 Å². The summed E-state index contributed by atoms with van der Waals surface area (Å²) in [6.45, 7) is 0.197. The van der Waals surface area contributed by atoms with E-state index in [1.54, 1.807) is 24.1 Å². The molecular formula is C13H13F2N3O2. The van der Waals surface area contributed by atoms with E-state index in [0.29, 0.717) is 12.1 Å². The minimum atomic E-state index is -1.09. The molecule has 0 bridgehead atoms. The lowest BCUT2D eigenvalue weighted by atomic mass is 10.1. The number of hydrogen-bond acceptors (Lipinski definition) is 3. The Balaban J connectivity index is 2.23. The minimum Gasteiger partial charge on any atom is -0.507 e. The molecule has 1 heterocycles. The highest BCUT2D eigenvalue weighted by molar-refractivity contribution is 5.96. The van der Waals surface area contributed by atoms with Crippen molar-refractivity contribution in [3.8, 4) is 5.75 Å². The van der Waals surface area contributed by atoms with Crippen LogP contribution in [0, 0.1) is 11.6 Å². The van der Waals surface area contributed by atoms with E-state index in [-0.39, 0.29) is 6.54 Å². The molecule has 1 aromatic carbocycles. The summed E-state index contributed by atoms with van der Waals surface area (Å²) in [7, 11) is 3.19. The zero-order valence-electron chi connectivity index (χ0n) is 11.0. The van der Waals surface area contributed by atoms with Gasteiger partial charge in [-0.1, -0.05) is 0 Å². The molecule has 0 aliphatic rings. The van der Waals surface area contributed by atoms with Gasteiger partial charge in [0.25, 0.3) is 5.91 Å². The van der Waals surface area contributed by atoms with Crippen LogP contribution in [0.2, 0.25) is 0 Å². The predicted molar refractivity (Wildman–Crippen MR) is 67.0 cm³/mol. The second-order valence-corrected chi connectivity index (χ2v) is 4.47. The normalized spacial score (nSPS) is 10.6. The average molecular weight is 281 g/mol. The Morgan fingerprint density at radius 3 is 2.70 bits per heavy atom. The Morgan fingerprint density at radius 1 is 1.45 bits per heavy atom. The van der Waals surface area contributed by atoms with Gasteiger partial charge in [0.1, 0.15) is 22.9 Å². The van der Waals surface area contributed by atoms with Crippen LogP contribution in [0.4, 0.5) is 8.78 Å². The number of benzene rings is 1. The van der Waals surface area contributed by atoms with Crippen LogP contribution in [0.25, 0.3) is 0 Å². The molecule has 0 radical (unpaired) electrons. The van der Waals surface area contributed by atoms with E-state index in [2.05, 4.69) is 5.10 Å². The number of phenolic OH excluding ortho intramolecular Hbond substituents is 1. The Morgan fingerprint density at radius 2 is 2.15 bits per heavy atom. The zero-order chi connectivity index (χ0) is 14.9. The van der Waals surface area contributed by atoms with Gasteiger partial charge in [-0.2, -0.15) is 5.10 Å². The Hall–Kier alpha value is -2.44. The molecule has 5 nitrogen and oxygen atoms in total. The van der Waals surface area contributed by atoms with Crippen molar-refractivity contribution >= 4 is 5.91 Å². The van der Waals surface area contributed by atoms with Gasteiger partial charge < -0.3 is 10.0 Å². The summed E-state index contributed by atoms with van der Waals surface area (Å²) >= 11 is 0. The summed E-state index contributed by atoms with van der Waals surface area (Å²) < 4.78 is 28.1. The van der Waals surface area contributed by atoms with E-state index in [1.807, 2.05) is 0 Å². The number of aromatic nitrogens is 2. The predicted octanol–water partition coefficient (Wildman–Crippen LogP) is 1.68. The van der Waals surface area contributed by atoms with E-state index in [9.17, 15) is 18.7 Å². The van der Waals surface area contributed by atoms with Crippen LogP contribution in [0.3, 0.4) is 0 Å². The van der Waals surface area contributed by atoms with Gasteiger partial charge in [0.05, 0.1) is 6.20 Å². The number of halogens is 2. The van der Waals surface area contributed by atoms with Crippen molar-refractivity contribution in [2.45, 2.75) is 6.54 Å². The largest absolute Gasteiger partial charge is 0.507 e. The van der Waals surface area contributed by atoms with Gasteiger partial charge in [-0.3, -0.25) is 9.48 Å². The molecule has 1 N–H and O–H groups in total. The second-order valence-electron chi connectivity index (χ2n) is 4.47. The number of hydrogen-bond donors (Lipinski definition) is 1. The molecule has 2 rings (SSSR count). The van der Waals surface area contributed by atoms with Gasteiger partial charge in [-0.25, -0.2) is 8.78 Å². The van der Waals surface area contributed by atoms with E-state index in [0.717, 1.165) is 5.56 Å². The zero-order valence-corrected chi connectivity index (χ0v) is 11.0. The summed E-state index contributed by atoms with van der Waals surface area (Å²) in [4.78, 5) is 13.3. The first-order valence-corrected chi connectivity index (χ1v) is 5.79. The van der Waals surface area contributed by atoms with Crippen LogP contribution >= 0.6 is 0 Å². The molecule has 2 aromatic rings. The minimum absolute atomic E-state index is 0.197. The number of aryl methyl sites for hydroxylation is 1. The molecular weight excluding hydrogens is 268 g/mol. The van der Waals surface area contributed by atoms with E-state index >= 15 is 0 Å². The van der Waals surface area contributed by atoms with E-state index in [1.165, 1.54) is 11.9 Å². The highest BCUT2D eigenvalue weighted by Crippen LogP contribution is 2.23. The fourth-order valence-electron chi connectivity index (χ4n) is 1.86. The highest BCUT2D eigenvalue weighted by Gasteiger charge is 2.22. The smallest absolute Gasteiger partial charge is 0.260 e. The molecule has 0 spiro atoms. The molecule has 0 saturated heterocycles. The number of phenols is 1. The summed E-state index contributed by atoms with van der Waals surface area (Å²) in [5.74, 6) is -3.48. The molecule has 0 aliphatic heterocycles. The molecule has 0 atom stereocenters. The van der Waals surface area contributed by atoms with Gasteiger partial charge >= 0.3 is 0 Å². The van der Waals surface area contributed by atoms with Crippen LogP contribution in [-0.4, -0.2) is 32.7 Å². The third-order valence-corrected chi connectivity index (χ3v) is 2.77. The summed E-state index contributed by atoms with van der Waals surface area (Å²) in [6.07, 6.45) is 3.29. The van der Waals surface area contributed by atoms with Gasteiger partial charge in [0.2, 0.25) is 0 Å². The fourth-order valence-corrected chi connectivity index (χ4v) is 1.86. The Labute approximate surface area is 114 Å². The van der Waals surface area contributed by atoms with Crippen LogP contribution in [0.15, 0.2) is 24.5 Å². The summed E-state index contributed by atoms with van der Waals surface area (Å²) in [6, 6.07) is 1.26. The molecule has 0 saturated carbocycles. The van der Waals surface area contributed by atoms with Crippen LogP contribution in [0.1, 0.15) is 15.9 Å². The van der Waals surface area contributed by atoms with Crippen molar-refractivity contribution < 1.29 is 18.7 Å². The number of nitrogens with zero attached hydrogens (tertiary/aromatic N) is 3. The average Bonchev–Trinajstić information content (AvgIpc) is 2.73. The van der Waals surface area contributed by atoms with Crippen molar-refractivity contribution in [1.29, 1.82) is 0 Å². The molecule has 0 aliphatic carbocycles. The lowest BCUT2D eigenvalue weighted by Crippen LogP contribution is -2.27. The van der Waals surface area contributed by atoms with Gasteiger partial charge in [-0.05, 0) is 0 Å². The molecule has 0 unspecified atom stereocenters. The SMILES string of the molecule is CN(Cc1cnn(C)c1)C(=O)c1c(O)cc(F)cc1F. The molecule has 0 fully saturated rings. The maximum Gasteiger partial charge on any atom is 0.260 e. The number of carbonyl (C=O) groups is 1. The number of amides is 1. The van der Waals surface area contributed by atoms with Crippen molar-refractivity contribution in [2.24, 2.45) is 7.05 Å². The van der Waals surface area contributed by atoms with Crippen LogP contribution in [0.5, 0.6) is 5.75 Å². The first kappa shape index (κ1) is 14.0. The van der Waals surface area contributed by atoms with Crippen molar-refractivity contribution in [3.63, 3.8) is 0 Å². The Bertz CT molecular complexity index is 632. The van der Waals surface area contributed by atoms with Crippen molar-refractivity contribution in [2.75, 3.05) is 7.05 Å². The van der Waals surface area contributed by atoms with Gasteiger partial charge in [-0.15, -0.1) is 0 Å². The maximum absolute atomic E-state index is 13.6. The van der Waals surface area contributed by atoms with Gasteiger partial charge in [0.15, 0.2) is 0 Å². The van der Waals surface area contributed by atoms with Crippen molar-refractivity contribution in [3.05, 3.63) is 47.3 Å². The van der Waals surface area contributed by atoms with Crippen LogP contribution in [-0.2, 0) is 13.6 Å². The second kappa shape index (κ2) is 5.28. The number of aromatic hydroxyl groups is 1. The lowest BCUT2D eigenvalue weighted by Gasteiger charge is -2.17. The molecule has 1 amide bonds. The molecule has 20 heavy (non-hydrogen) atoms. The van der Waals surface area contributed by atoms with Crippen LogP contribution < -0.4 is 0 Å². The number of carbonyl (C=O) groups excluding carboxylic acids is 1. The molecule has 106 valence electrons. The lowest BCUT2D eigenvalue weighted by molar-refractivity contribution is 0.0777. The van der Waals surface area contributed by atoms with E-state index in [4.69, 9.17) is 0 Å². The molecule has 7 heteroatoms. The van der Waals surface area contributed by atoms with E-state index < -0.39 is 28.9 Å². The summed E-state index contributed by atoms with van der Waals surface area (Å²) in [5, 5.41) is 13.5. The fraction of sp³-hybridized carbons (Fsp3) is 0.231. The monoisotopic (exact) mass is 281 g/mol. The quantitative estimate of drug-likeness (QED) is 0.931. The first-order chi connectivity index (χ1) is 9.38. The third kappa shape index (κ3) is 2.76. The number of rotatable bonds is 3. The Kier molecular flexibility index (Phi) is 3.69. The van der Waals surface area contributed by atoms with Crippen molar-refractivity contribution in [1.82, 2.24) is 14.7 Å². The van der Waals surface area contributed by atoms with Gasteiger partial charge in [0, 0.05) is 44.5 Å². The first-order valence-electron chi connectivity index (χ1n) is 5.79. The summed E-state index contributed by atoms with van der Waals surface area (Å²) in [5.41, 5.74) is 0.211. The standard InChI is InChI=1S/C13H13F2N3O2/c1-17(6-8-5-16-18(2)7-8)13(20)12-10(15)3-9(14)4-11(12)19/h3-5,7,19H,6H2,1-2H3. The molecule has 1 aromatic heterocycles. The highest BCUT2D eigenvalue weighted by atomic mass is 19.1. The third-order valence-electron chi connectivity index (χ3n) is 2.77.